The van der Waals surface area contributed by atoms with E-state index in [4.69, 9.17) is 4.52 Å². The van der Waals surface area contributed by atoms with E-state index in [9.17, 15) is 4.79 Å². The average Bonchev–Trinajstić information content (AvgIpc) is 2.73. The number of aromatic nitrogens is 3. The van der Waals surface area contributed by atoms with Gasteiger partial charge in [0.2, 0.25) is 5.89 Å². The van der Waals surface area contributed by atoms with Crippen molar-refractivity contribution in [2.75, 3.05) is 0 Å². The Morgan fingerprint density at radius 3 is 3.12 bits per heavy atom. The van der Waals surface area contributed by atoms with Gasteiger partial charge in [-0.2, -0.15) is 4.98 Å². The molecule has 0 fully saturated rings. The first kappa shape index (κ1) is 12.0. The van der Waals surface area contributed by atoms with Gasteiger partial charge in [-0.25, -0.2) is 0 Å². The first-order valence-electron chi connectivity index (χ1n) is 5.37. The van der Waals surface area contributed by atoms with E-state index in [0.717, 1.165) is 12.8 Å². The molecular formula is C11H12BrN3O2. The Kier molecular flexibility index (Phi) is 3.73. The normalized spacial score (nSPS) is 10.7. The van der Waals surface area contributed by atoms with Crippen molar-refractivity contribution < 1.29 is 4.52 Å². The number of halogens is 1. The minimum atomic E-state index is -0.109. The maximum atomic E-state index is 11.7. The summed E-state index contributed by atoms with van der Waals surface area (Å²) < 4.78 is 7.12. The average molecular weight is 298 g/mol. The van der Waals surface area contributed by atoms with Gasteiger partial charge in [0, 0.05) is 12.6 Å². The van der Waals surface area contributed by atoms with Gasteiger partial charge >= 0.3 is 0 Å². The van der Waals surface area contributed by atoms with Crippen molar-refractivity contribution in [3.05, 3.63) is 44.9 Å². The topological polar surface area (TPSA) is 60.9 Å². The Labute approximate surface area is 107 Å². The van der Waals surface area contributed by atoms with Crippen LogP contribution < -0.4 is 5.56 Å². The minimum Gasteiger partial charge on any atom is -0.337 e. The lowest BCUT2D eigenvalue weighted by Crippen LogP contribution is -2.20. The van der Waals surface area contributed by atoms with Crippen LogP contribution in [0, 0.1) is 0 Å². The second-order valence-corrected chi connectivity index (χ2v) is 4.50. The van der Waals surface area contributed by atoms with Crippen molar-refractivity contribution in [1.82, 2.24) is 14.7 Å². The molecule has 0 bridgehead atoms. The van der Waals surface area contributed by atoms with Gasteiger partial charge in [-0.15, -0.1) is 0 Å². The smallest absolute Gasteiger partial charge is 0.265 e. The third kappa shape index (κ3) is 2.82. The Morgan fingerprint density at radius 2 is 2.35 bits per heavy atom. The Morgan fingerprint density at radius 1 is 1.53 bits per heavy atom. The number of nitrogens with zero attached hydrogens (tertiary/aromatic N) is 3. The van der Waals surface area contributed by atoms with Gasteiger partial charge < -0.3 is 9.09 Å². The van der Waals surface area contributed by atoms with Crippen LogP contribution in [0.5, 0.6) is 0 Å². The highest BCUT2D eigenvalue weighted by atomic mass is 79.9. The molecule has 0 unspecified atom stereocenters. The SMILES string of the molecule is CCCc1noc(Cn2cccc(Br)c2=O)n1. The Bertz CT molecular complexity index is 562. The zero-order valence-electron chi connectivity index (χ0n) is 9.39. The second kappa shape index (κ2) is 5.27. The van der Waals surface area contributed by atoms with Gasteiger partial charge in [-0.1, -0.05) is 12.1 Å². The highest BCUT2D eigenvalue weighted by Crippen LogP contribution is 2.04. The van der Waals surface area contributed by atoms with Crippen molar-refractivity contribution in [3.63, 3.8) is 0 Å². The van der Waals surface area contributed by atoms with Crippen molar-refractivity contribution in [1.29, 1.82) is 0 Å². The summed E-state index contributed by atoms with van der Waals surface area (Å²) >= 11 is 3.19. The molecule has 6 heteroatoms. The van der Waals surface area contributed by atoms with E-state index in [-0.39, 0.29) is 5.56 Å². The van der Waals surface area contributed by atoms with Crippen LogP contribution in [0.2, 0.25) is 0 Å². The summed E-state index contributed by atoms with van der Waals surface area (Å²) in [5, 5.41) is 3.84. The highest BCUT2D eigenvalue weighted by Gasteiger charge is 2.07. The molecule has 0 aliphatic heterocycles. The van der Waals surface area contributed by atoms with Crippen LogP contribution in [0.15, 0.2) is 32.1 Å². The number of hydrogen-bond acceptors (Lipinski definition) is 4. The molecule has 17 heavy (non-hydrogen) atoms. The fourth-order valence-electron chi connectivity index (χ4n) is 1.46. The molecule has 2 heterocycles. The fraction of sp³-hybridized carbons (Fsp3) is 0.364. The lowest BCUT2D eigenvalue weighted by atomic mass is 10.3. The van der Waals surface area contributed by atoms with Crippen LogP contribution in [0.4, 0.5) is 0 Å². The minimum absolute atomic E-state index is 0.109. The first-order valence-corrected chi connectivity index (χ1v) is 6.16. The number of aryl methyl sites for hydroxylation is 1. The monoisotopic (exact) mass is 297 g/mol. The molecule has 0 aromatic carbocycles. The maximum Gasteiger partial charge on any atom is 0.265 e. The number of hydrogen-bond donors (Lipinski definition) is 0. The summed E-state index contributed by atoms with van der Waals surface area (Å²) in [7, 11) is 0. The number of rotatable bonds is 4. The van der Waals surface area contributed by atoms with Gasteiger partial charge in [-0.3, -0.25) is 4.79 Å². The lowest BCUT2D eigenvalue weighted by Gasteiger charge is -2.01. The van der Waals surface area contributed by atoms with Crippen LogP contribution in [-0.4, -0.2) is 14.7 Å². The molecule has 2 aromatic heterocycles. The Hall–Kier alpha value is -1.43. The molecule has 90 valence electrons. The van der Waals surface area contributed by atoms with Crippen LogP contribution in [0.25, 0.3) is 0 Å². The molecule has 0 aliphatic carbocycles. The number of pyridine rings is 1. The van der Waals surface area contributed by atoms with E-state index in [1.54, 1.807) is 18.3 Å². The zero-order valence-corrected chi connectivity index (χ0v) is 11.0. The zero-order chi connectivity index (χ0) is 12.3. The van der Waals surface area contributed by atoms with Crippen LogP contribution in [0.3, 0.4) is 0 Å². The van der Waals surface area contributed by atoms with E-state index in [1.165, 1.54) is 4.57 Å². The quantitative estimate of drug-likeness (QED) is 0.866. The predicted molar refractivity (Wildman–Crippen MR) is 65.8 cm³/mol. The summed E-state index contributed by atoms with van der Waals surface area (Å²) in [5.74, 6) is 1.14. The standard InChI is InChI=1S/C11H12BrN3O2/c1-2-4-9-13-10(17-14-9)7-15-6-3-5-8(12)11(15)16/h3,5-6H,2,4,7H2,1H3. The third-order valence-corrected chi connectivity index (χ3v) is 2.87. The molecule has 0 atom stereocenters. The molecule has 0 spiro atoms. The molecule has 0 N–H and O–H groups in total. The van der Waals surface area contributed by atoms with E-state index >= 15 is 0 Å². The predicted octanol–water partition coefficient (Wildman–Crippen LogP) is 1.99. The van der Waals surface area contributed by atoms with Crippen LogP contribution in [-0.2, 0) is 13.0 Å². The van der Waals surface area contributed by atoms with Crippen molar-refractivity contribution >= 4 is 15.9 Å². The van der Waals surface area contributed by atoms with Crippen LogP contribution in [0.1, 0.15) is 25.1 Å². The van der Waals surface area contributed by atoms with E-state index < -0.39 is 0 Å². The van der Waals surface area contributed by atoms with Crippen molar-refractivity contribution in [3.8, 4) is 0 Å². The molecule has 0 saturated carbocycles. The molecule has 2 rings (SSSR count). The molecule has 5 nitrogen and oxygen atoms in total. The molecule has 0 radical (unpaired) electrons. The summed E-state index contributed by atoms with van der Waals surface area (Å²) in [4.78, 5) is 15.9. The Balaban J connectivity index is 2.19. The van der Waals surface area contributed by atoms with E-state index in [0.29, 0.717) is 22.7 Å². The summed E-state index contributed by atoms with van der Waals surface area (Å²) in [6.45, 7) is 2.35. The largest absolute Gasteiger partial charge is 0.337 e. The highest BCUT2D eigenvalue weighted by molar-refractivity contribution is 9.10. The lowest BCUT2D eigenvalue weighted by molar-refractivity contribution is 0.364. The third-order valence-electron chi connectivity index (χ3n) is 2.26. The van der Waals surface area contributed by atoms with Gasteiger partial charge in [-0.05, 0) is 34.5 Å². The molecule has 0 aliphatic rings. The van der Waals surface area contributed by atoms with Gasteiger partial charge in [0.15, 0.2) is 5.82 Å². The molecular weight excluding hydrogens is 286 g/mol. The fourth-order valence-corrected chi connectivity index (χ4v) is 1.84. The van der Waals surface area contributed by atoms with Gasteiger partial charge in [0.1, 0.15) is 6.54 Å². The maximum absolute atomic E-state index is 11.7. The van der Waals surface area contributed by atoms with Crippen LogP contribution >= 0.6 is 15.9 Å². The summed E-state index contributed by atoms with van der Waals surface area (Å²) in [6.07, 6.45) is 3.45. The van der Waals surface area contributed by atoms with E-state index in [2.05, 4.69) is 33.0 Å². The van der Waals surface area contributed by atoms with E-state index in [1.807, 2.05) is 0 Å². The summed E-state index contributed by atoms with van der Waals surface area (Å²) in [5.41, 5.74) is -0.109. The van der Waals surface area contributed by atoms with Gasteiger partial charge in [0.05, 0.1) is 4.47 Å². The second-order valence-electron chi connectivity index (χ2n) is 3.64. The molecule has 2 aromatic rings. The summed E-state index contributed by atoms with van der Waals surface area (Å²) in [6, 6.07) is 3.49. The van der Waals surface area contributed by atoms with Gasteiger partial charge in [0.25, 0.3) is 5.56 Å². The molecule has 0 amide bonds. The van der Waals surface area contributed by atoms with Crippen molar-refractivity contribution in [2.24, 2.45) is 0 Å². The van der Waals surface area contributed by atoms with Crippen molar-refractivity contribution in [2.45, 2.75) is 26.3 Å². The first-order chi connectivity index (χ1) is 8.20. The molecule has 0 saturated heterocycles.